The van der Waals surface area contributed by atoms with E-state index in [1.54, 1.807) is 17.8 Å². The summed E-state index contributed by atoms with van der Waals surface area (Å²) in [4.78, 5) is 1.10. The third-order valence-electron chi connectivity index (χ3n) is 2.92. The number of benzene rings is 1. The van der Waals surface area contributed by atoms with Gasteiger partial charge in [-0.05, 0) is 43.5 Å². The van der Waals surface area contributed by atoms with Crippen LogP contribution < -0.4 is 5.73 Å². The minimum Gasteiger partial charge on any atom is -0.381 e. The molecule has 1 heterocycles. The highest BCUT2D eigenvalue weighted by atomic mass is 32.2. The quantitative estimate of drug-likeness (QED) is 0.901. The molecule has 1 atom stereocenters. The van der Waals surface area contributed by atoms with Crippen LogP contribution in [0.1, 0.15) is 31.4 Å². The Bertz CT molecular complexity index is 378. The monoisotopic (exact) mass is 255 g/mol. The van der Waals surface area contributed by atoms with Gasteiger partial charge in [-0.25, -0.2) is 4.39 Å². The Morgan fingerprint density at radius 2 is 2.12 bits per heavy atom. The standard InChI is InChI=1S/C13H18FNOS/c1-9(15)12-8-10(14)2-3-13(12)17-11-4-6-16-7-5-11/h2-3,8-9,11H,4-7,15H2,1H3/t9-/m1/s1. The van der Waals surface area contributed by atoms with Crippen LogP contribution in [0, 0.1) is 5.82 Å². The fourth-order valence-corrected chi connectivity index (χ4v) is 3.27. The van der Waals surface area contributed by atoms with Crippen molar-refractivity contribution in [2.75, 3.05) is 13.2 Å². The minimum atomic E-state index is -0.214. The van der Waals surface area contributed by atoms with Crippen molar-refractivity contribution in [3.63, 3.8) is 0 Å². The zero-order valence-electron chi connectivity index (χ0n) is 9.99. The van der Waals surface area contributed by atoms with Crippen LogP contribution in [-0.2, 0) is 4.74 Å². The van der Waals surface area contributed by atoms with Crippen LogP contribution in [0.25, 0.3) is 0 Å². The summed E-state index contributed by atoms with van der Waals surface area (Å²) in [6.45, 7) is 3.54. The van der Waals surface area contributed by atoms with Gasteiger partial charge in [0.1, 0.15) is 5.82 Å². The van der Waals surface area contributed by atoms with Crippen molar-refractivity contribution in [2.24, 2.45) is 5.73 Å². The summed E-state index contributed by atoms with van der Waals surface area (Å²) in [5.74, 6) is -0.214. The van der Waals surface area contributed by atoms with E-state index in [-0.39, 0.29) is 11.9 Å². The highest BCUT2D eigenvalue weighted by molar-refractivity contribution is 8.00. The maximum absolute atomic E-state index is 13.2. The number of halogens is 1. The highest BCUT2D eigenvalue weighted by Gasteiger charge is 2.17. The molecule has 1 fully saturated rings. The van der Waals surface area contributed by atoms with E-state index < -0.39 is 0 Å². The first-order chi connectivity index (χ1) is 8.16. The number of rotatable bonds is 3. The third kappa shape index (κ3) is 3.44. The summed E-state index contributed by atoms with van der Waals surface area (Å²) in [6.07, 6.45) is 2.11. The van der Waals surface area contributed by atoms with E-state index >= 15 is 0 Å². The fourth-order valence-electron chi connectivity index (χ4n) is 1.96. The Morgan fingerprint density at radius 1 is 1.41 bits per heavy atom. The number of thioether (sulfide) groups is 1. The molecule has 0 saturated carbocycles. The predicted octanol–water partition coefficient (Wildman–Crippen LogP) is 3.12. The molecule has 0 spiro atoms. The molecule has 17 heavy (non-hydrogen) atoms. The van der Waals surface area contributed by atoms with Gasteiger partial charge in [0.2, 0.25) is 0 Å². The SMILES string of the molecule is C[C@@H](N)c1cc(F)ccc1SC1CCOCC1. The molecule has 0 radical (unpaired) electrons. The van der Waals surface area contributed by atoms with E-state index in [1.807, 2.05) is 13.0 Å². The van der Waals surface area contributed by atoms with Gasteiger partial charge in [0, 0.05) is 29.4 Å². The van der Waals surface area contributed by atoms with Gasteiger partial charge in [0.15, 0.2) is 0 Å². The summed E-state index contributed by atoms with van der Waals surface area (Å²) >= 11 is 1.80. The lowest BCUT2D eigenvalue weighted by atomic mass is 10.1. The highest BCUT2D eigenvalue weighted by Crippen LogP contribution is 2.34. The van der Waals surface area contributed by atoms with Gasteiger partial charge >= 0.3 is 0 Å². The van der Waals surface area contributed by atoms with Crippen molar-refractivity contribution in [3.8, 4) is 0 Å². The van der Waals surface area contributed by atoms with Crippen LogP contribution in [-0.4, -0.2) is 18.5 Å². The fraction of sp³-hybridized carbons (Fsp3) is 0.538. The zero-order chi connectivity index (χ0) is 12.3. The largest absolute Gasteiger partial charge is 0.381 e. The van der Waals surface area contributed by atoms with Crippen LogP contribution >= 0.6 is 11.8 Å². The van der Waals surface area contributed by atoms with Gasteiger partial charge in [0.05, 0.1) is 0 Å². The van der Waals surface area contributed by atoms with Gasteiger partial charge in [-0.2, -0.15) is 0 Å². The second-order valence-electron chi connectivity index (χ2n) is 4.40. The average molecular weight is 255 g/mol. The number of nitrogens with two attached hydrogens (primary N) is 1. The van der Waals surface area contributed by atoms with E-state index in [0.717, 1.165) is 36.5 Å². The second kappa shape index (κ2) is 5.85. The van der Waals surface area contributed by atoms with E-state index in [0.29, 0.717) is 5.25 Å². The Morgan fingerprint density at radius 3 is 2.76 bits per heavy atom. The second-order valence-corrected chi connectivity index (χ2v) is 5.74. The molecule has 2 rings (SSSR count). The maximum atomic E-state index is 13.2. The third-order valence-corrected chi connectivity index (χ3v) is 4.35. The van der Waals surface area contributed by atoms with Crippen molar-refractivity contribution < 1.29 is 9.13 Å². The Labute approximate surface area is 106 Å². The first-order valence-corrected chi connectivity index (χ1v) is 6.84. The molecule has 0 amide bonds. The van der Waals surface area contributed by atoms with Crippen molar-refractivity contribution in [1.82, 2.24) is 0 Å². The molecule has 1 aliphatic heterocycles. The predicted molar refractivity (Wildman–Crippen MR) is 68.7 cm³/mol. The Hall–Kier alpha value is -0.580. The zero-order valence-corrected chi connectivity index (χ0v) is 10.8. The molecule has 2 N–H and O–H groups in total. The van der Waals surface area contributed by atoms with Crippen LogP contribution in [0.3, 0.4) is 0 Å². The lowest BCUT2D eigenvalue weighted by molar-refractivity contribution is 0.1000. The van der Waals surface area contributed by atoms with Gasteiger partial charge in [-0.1, -0.05) is 0 Å². The maximum Gasteiger partial charge on any atom is 0.123 e. The number of hydrogen-bond donors (Lipinski definition) is 1. The summed E-state index contributed by atoms with van der Waals surface area (Å²) in [6, 6.07) is 4.77. The van der Waals surface area contributed by atoms with E-state index in [9.17, 15) is 4.39 Å². The average Bonchev–Trinajstić information content (AvgIpc) is 2.32. The topological polar surface area (TPSA) is 35.2 Å². The summed E-state index contributed by atoms with van der Waals surface area (Å²) in [5.41, 5.74) is 6.79. The van der Waals surface area contributed by atoms with Crippen molar-refractivity contribution in [2.45, 2.75) is 36.0 Å². The molecule has 0 bridgehead atoms. The molecule has 1 aromatic rings. The first-order valence-electron chi connectivity index (χ1n) is 5.96. The van der Waals surface area contributed by atoms with Crippen molar-refractivity contribution >= 4 is 11.8 Å². The van der Waals surface area contributed by atoms with E-state index in [1.165, 1.54) is 6.07 Å². The van der Waals surface area contributed by atoms with E-state index in [2.05, 4.69) is 0 Å². The smallest absolute Gasteiger partial charge is 0.123 e. The molecule has 0 aromatic heterocycles. The molecule has 0 unspecified atom stereocenters. The minimum absolute atomic E-state index is 0.131. The van der Waals surface area contributed by atoms with Gasteiger partial charge < -0.3 is 10.5 Å². The molecule has 1 aliphatic rings. The van der Waals surface area contributed by atoms with Crippen LogP contribution in [0.5, 0.6) is 0 Å². The summed E-state index contributed by atoms with van der Waals surface area (Å²) < 4.78 is 18.5. The van der Waals surface area contributed by atoms with Crippen LogP contribution in [0.15, 0.2) is 23.1 Å². The molecule has 1 saturated heterocycles. The molecular weight excluding hydrogens is 237 g/mol. The van der Waals surface area contributed by atoms with Gasteiger partial charge in [0.25, 0.3) is 0 Å². The Kier molecular flexibility index (Phi) is 4.42. The molecule has 2 nitrogen and oxygen atoms in total. The van der Waals surface area contributed by atoms with Crippen LogP contribution in [0.4, 0.5) is 4.39 Å². The molecule has 1 aromatic carbocycles. The number of ether oxygens (including phenoxy) is 1. The molecular formula is C13H18FNOS. The molecule has 4 heteroatoms. The van der Waals surface area contributed by atoms with Gasteiger partial charge in [-0.15, -0.1) is 11.8 Å². The molecule has 94 valence electrons. The van der Waals surface area contributed by atoms with Crippen molar-refractivity contribution in [1.29, 1.82) is 0 Å². The van der Waals surface area contributed by atoms with Gasteiger partial charge in [-0.3, -0.25) is 0 Å². The summed E-state index contributed by atoms with van der Waals surface area (Å²) in [5, 5.41) is 0.562. The van der Waals surface area contributed by atoms with Crippen molar-refractivity contribution in [3.05, 3.63) is 29.6 Å². The first kappa shape index (κ1) is 12.9. The summed E-state index contributed by atoms with van der Waals surface area (Å²) in [7, 11) is 0. The van der Waals surface area contributed by atoms with Crippen LogP contribution in [0.2, 0.25) is 0 Å². The van der Waals surface area contributed by atoms with E-state index in [4.69, 9.17) is 10.5 Å². The number of hydrogen-bond acceptors (Lipinski definition) is 3. The lowest BCUT2D eigenvalue weighted by Crippen LogP contribution is -2.18. The Balaban J connectivity index is 2.13. The normalized spacial score (nSPS) is 19.2. The molecule has 0 aliphatic carbocycles. The lowest BCUT2D eigenvalue weighted by Gasteiger charge is -2.23.